The molecule has 6 nitrogen and oxygen atoms in total. The molecule has 6 heteroatoms. The third kappa shape index (κ3) is 5.05. The Kier molecular flexibility index (Phi) is 7.42. The van der Waals surface area contributed by atoms with Gasteiger partial charge >= 0.3 is 0 Å². The Morgan fingerprint density at radius 1 is 0.972 bits per heavy atom. The monoisotopic (exact) mass is 485 g/mol. The molecule has 1 unspecified atom stereocenters. The maximum atomic E-state index is 13.7. The van der Waals surface area contributed by atoms with E-state index in [9.17, 15) is 4.79 Å². The van der Waals surface area contributed by atoms with Crippen molar-refractivity contribution in [3.63, 3.8) is 0 Å². The number of piperazine rings is 1. The zero-order chi connectivity index (χ0) is 25.1. The van der Waals surface area contributed by atoms with Crippen molar-refractivity contribution in [2.24, 2.45) is 5.92 Å². The molecule has 1 aromatic heterocycles. The summed E-state index contributed by atoms with van der Waals surface area (Å²) >= 11 is 0. The molecule has 1 saturated carbocycles. The molecule has 2 aromatic carbocycles. The number of likely N-dealkylation sites (N-methyl/N-ethyl adjacent to an activating group) is 1. The summed E-state index contributed by atoms with van der Waals surface area (Å²) in [6, 6.07) is 20.9. The van der Waals surface area contributed by atoms with Gasteiger partial charge in [-0.25, -0.2) is 4.68 Å². The molecule has 5 rings (SSSR count). The minimum atomic E-state index is 0.0972. The highest BCUT2D eigenvalue weighted by molar-refractivity contribution is 5.83. The van der Waals surface area contributed by atoms with Gasteiger partial charge in [-0.15, -0.1) is 0 Å². The lowest BCUT2D eigenvalue weighted by molar-refractivity contribution is -0.133. The molecule has 1 aliphatic heterocycles. The van der Waals surface area contributed by atoms with Gasteiger partial charge in [0.25, 0.3) is 0 Å². The number of para-hydroxylation sites is 1. The van der Waals surface area contributed by atoms with Crippen LogP contribution >= 0.6 is 0 Å². The van der Waals surface area contributed by atoms with Crippen LogP contribution in [-0.4, -0.2) is 64.8 Å². The number of benzene rings is 2. The molecule has 1 aliphatic carbocycles. The lowest BCUT2D eigenvalue weighted by atomic mass is 10.1. The molecule has 0 bridgehead atoms. The third-order valence-corrected chi connectivity index (χ3v) is 7.77. The number of anilines is 1. The summed E-state index contributed by atoms with van der Waals surface area (Å²) < 4.78 is 2.10. The van der Waals surface area contributed by atoms with Gasteiger partial charge < -0.3 is 14.7 Å². The van der Waals surface area contributed by atoms with E-state index in [4.69, 9.17) is 5.10 Å². The van der Waals surface area contributed by atoms with E-state index in [-0.39, 0.29) is 5.92 Å². The zero-order valence-electron chi connectivity index (χ0n) is 21.9. The van der Waals surface area contributed by atoms with Crippen LogP contribution in [0.3, 0.4) is 0 Å². The van der Waals surface area contributed by atoms with Crippen LogP contribution in [-0.2, 0) is 11.3 Å². The van der Waals surface area contributed by atoms with Crippen LogP contribution in [0.2, 0.25) is 0 Å². The van der Waals surface area contributed by atoms with E-state index in [1.54, 1.807) is 0 Å². The molecule has 2 fully saturated rings. The number of rotatable bonds is 9. The molecular weight excluding hydrogens is 446 g/mol. The first kappa shape index (κ1) is 24.6. The van der Waals surface area contributed by atoms with Crippen LogP contribution < -0.4 is 4.90 Å². The van der Waals surface area contributed by atoms with Crippen LogP contribution in [0.15, 0.2) is 60.7 Å². The Bertz CT molecular complexity index is 1150. The summed E-state index contributed by atoms with van der Waals surface area (Å²) in [5.74, 6) is 1.89. The lowest BCUT2D eigenvalue weighted by Crippen LogP contribution is -2.47. The molecule has 3 aromatic rings. The summed E-state index contributed by atoms with van der Waals surface area (Å²) in [5, 5.41) is 5.01. The fourth-order valence-corrected chi connectivity index (χ4v) is 5.58. The summed E-state index contributed by atoms with van der Waals surface area (Å²) in [5.41, 5.74) is 4.55. The number of hydrogen-bond donors (Lipinski definition) is 0. The molecule has 0 spiro atoms. The maximum absolute atomic E-state index is 13.7. The predicted molar refractivity (Wildman–Crippen MR) is 146 cm³/mol. The molecule has 1 amide bonds. The molecule has 0 radical (unpaired) electrons. The average molecular weight is 486 g/mol. The first-order valence-electron chi connectivity index (χ1n) is 13.6. The topological polar surface area (TPSA) is 44.6 Å². The number of carbonyl (C=O) groups excluding carboxylic acids is 1. The smallest absolute Gasteiger partial charge is 0.226 e. The van der Waals surface area contributed by atoms with Crippen LogP contribution in [0.25, 0.3) is 5.69 Å². The maximum Gasteiger partial charge on any atom is 0.226 e. The first-order valence-corrected chi connectivity index (χ1v) is 13.6. The predicted octanol–water partition coefficient (Wildman–Crippen LogP) is 4.86. The minimum Gasteiger partial charge on any atom is -0.354 e. The highest BCUT2D eigenvalue weighted by Gasteiger charge is 2.45. The van der Waals surface area contributed by atoms with Gasteiger partial charge in [0.2, 0.25) is 5.91 Å². The van der Waals surface area contributed by atoms with Gasteiger partial charge in [0.05, 0.1) is 17.9 Å². The quantitative estimate of drug-likeness (QED) is 0.434. The first-order chi connectivity index (χ1) is 17.6. The van der Waals surface area contributed by atoms with E-state index in [0.29, 0.717) is 18.4 Å². The highest BCUT2D eigenvalue weighted by Crippen LogP contribution is 2.48. The second-order valence-electron chi connectivity index (χ2n) is 10.2. The minimum absolute atomic E-state index is 0.0972. The van der Waals surface area contributed by atoms with E-state index in [1.165, 1.54) is 11.1 Å². The van der Waals surface area contributed by atoms with Gasteiger partial charge in [-0.3, -0.25) is 4.79 Å². The Hall–Kier alpha value is -3.12. The SMILES string of the molecule is CCCN(Cc1c(C)nn(-c2ccccc2)c1N1CCN(CC)CC1)C(=O)C1C[C@H]1c1ccccc1. The summed E-state index contributed by atoms with van der Waals surface area (Å²) in [4.78, 5) is 20.8. The summed E-state index contributed by atoms with van der Waals surface area (Å²) in [7, 11) is 0. The number of aromatic nitrogens is 2. The van der Waals surface area contributed by atoms with Crippen molar-refractivity contribution < 1.29 is 4.79 Å². The second kappa shape index (κ2) is 10.9. The van der Waals surface area contributed by atoms with E-state index in [1.807, 2.05) is 12.1 Å². The molecule has 2 aliphatic rings. The Morgan fingerprint density at radius 2 is 1.64 bits per heavy atom. The van der Waals surface area contributed by atoms with Crippen molar-refractivity contribution in [3.8, 4) is 5.69 Å². The summed E-state index contributed by atoms with van der Waals surface area (Å²) in [6.45, 7) is 13.0. The van der Waals surface area contributed by atoms with Crippen LogP contribution in [0, 0.1) is 12.8 Å². The Morgan fingerprint density at radius 3 is 2.28 bits per heavy atom. The van der Waals surface area contributed by atoms with E-state index < -0.39 is 0 Å². The van der Waals surface area contributed by atoms with Crippen LogP contribution in [0.5, 0.6) is 0 Å². The van der Waals surface area contributed by atoms with Crippen molar-refractivity contribution in [1.29, 1.82) is 0 Å². The highest BCUT2D eigenvalue weighted by atomic mass is 16.2. The molecule has 36 heavy (non-hydrogen) atoms. The van der Waals surface area contributed by atoms with Gasteiger partial charge in [0.1, 0.15) is 5.82 Å². The second-order valence-corrected chi connectivity index (χ2v) is 10.2. The normalized spacial score (nSPS) is 19.9. The van der Waals surface area contributed by atoms with Crippen LogP contribution in [0.4, 0.5) is 5.82 Å². The average Bonchev–Trinajstić information content (AvgIpc) is 3.67. The van der Waals surface area contributed by atoms with Gasteiger partial charge in [-0.05, 0) is 49.9 Å². The lowest BCUT2D eigenvalue weighted by Gasteiger charge is -2.36. The molecule has 2 atom stereocenters. The van der Waals surface area contributed by atoms with Gasteiger partial charge in [0, 0.05) is 44.2 Å². The third-order valence-electron chi connectivity index (χ3n) is 7.77. The van der Waals surface area contributed by atoms with Crippen molar-refractivity contribution >= 4 is 11.7 Å². The fraction of sp³-hybridized carbons (Fsp3) is 0.467. The van der Waals surface area contributed by atoms with Gasteiger partial charge in [-0.1, -0.05) is 62.4 Å². The van der Waals surface area contributed by atoms with Crippen molar-refractivity contribution in [2.75, 3.05) is 44.2 Å². The summed E-state index contributed by atoms with van der Waals surface area (Å²) in [6.07, 6.45) is 1.90. The standard InChI is InChI=1S/C30H39N5O/c1-4-16-34(30(36)27-21-26(27)24-12-8-6-9-13-24)22-28-23(3)31-35(25-14-10-7-11-15-25)29(28)33-19-17-32(5-2)18-20-33/h6-15,26-27H,4-5,16-22H2,1-3H3/t26-,27?/m0/s1. The van der Waals surface area contributed by atoms with Crippen molar-refractivity contribution in [2.45, 2.75) is 46.1 Å². The molecule has 1 saturated heterocycles. The number of hydrogen-bond acceptors (Lipinski definition) is 4. The van der Waals surface area contributed by atoms with E-state index in [2.05, 4.69) is 88.7 Å². The van der Waals surface area contributed by atoms with E-state index >= 15 is 0 Å². The van der Waals surface area contributed by atoms with Crippen molar-refractivity contribution in [3.05, 3.63) is 77.5 Å². The Balaban J connectivity index is 1.44. The molecule has 0 N–H and O–H groups in total. The number of nitrogens with zero attached hydrogens (tertiary/aromatic N) is 5. The fourth-order valence-electron chi connectivity index (χ4n) is 5.58. The number of amides is 1. The number of carbonyl (C=O) groups is 1. The largest absolute Gasteiger partial charge is 0.354 e. The van der Waals surface area contributed by atoms with Gasteiger partial charge in [-0.2, -0.15) is 5.10 Å². The van der Waals surface area contributed by atoms with Crippen molar-refractivity contribution in [1.82, 2.24) is 19.6 Å². The molecule has 190 valence electrons. The number of aryl methyl sites for hydroxylation is 1. The molecular formula is C30H39N5O. The molecule has 2 heterocycles. The zero-order valence-corrected chi connectivity index (χ0v) is 21.9. The van der Waals surface area contributed by atoms with E-state index in [0.717, 1.165) is 69.3 Å². The van der Waals surface area contributed by atoms with Gasteiger partial charge in [0.15, 0.2) is 0 Å². The Labute approximate surface area is 215 Å². The van der Waals surface area contributed by atoms with Crippen LogP contribution in [0.1, 0.15) is 49.4 Å².